The number of aromatic nitrogens is 2. The fourth-order valence-electron chi connectivity index (χ4n) is 2.57. The fraction of sp³-hybridized carbons (Fsp3) is 0.400. The zero-order chi connectivity index (χ0) is 15.0. The minimum atomic E-state index is -3.44. The Morgan fingerprint density at radius 3 is 2.62 bits per heavy atom. The molecule has 21 heavy (non-hydrogen) atoms. The van der Waals surface area contributed by atoms with Gasteiger partial charge in [-0.2, -0.15) is 4.31 Å². The van der Waals surface area contributed by atoms with E-state index in [1.807, 2.05) is 12.1 Å². The van der Waals surface area contributed by atoms with Crippen molar-refractivity contribution in [1.29, 1.82) is 0 Å². The van der Waals surface area contributed by atoms with Crippen LogP contribution in [0.1, 0.15) is 36.7 Å². The molecular weight excluding hydrogens is 286 g/mol. The van der Waals surface area contributed by atoms with E-state index in [0.29, 0.717) is 30.3 Å². The molecule has 0 saturated heterocycles. The van der Waals surface area contributed by atoms with Crippen LogP contribution in [0.15, 0.2) is 35.5 Å². The van der Waals surface area contributed by atoms with Crippen LogP contribution in [0.5, 0.6) is 0 Å². The predicted molar refractivity (Wildman–Crippen MR) is 80.4 cm³/mol. The number of nitrogens with zero attached hydrogens (tertiary/aromatic N) is 2. The molecule has 1 N–H and O–H groups in total. The van der Waals surface area contributed by atoms with Crippen molar-refractivity contribution >= 4 is 10.0 Å². The number of benzene rings is 1. The van der Waals surface area contributed by atoms with Gasteiger partial charge in [-0.1, -0.05) is 26.0 Å². The third-order valence-electron chi connectivity index (χ3n) is 3.92. The predicted octanol–water partition coefficient (Wildman–Crippen LogP) is 2.28. The molecule has 112 valence electrons. The van der Waals surface area contributed by atoms with Crippen LogP contribution in [0.3, 0.4) is 0 Å². The smallest absolute Gasteiger partial charge is 0.243 e. The van der Waals surface area contributed by atoms with Crippen LogP contribution in [-0.2, 0) is 23.0 Å². The van der Waals surface area contributed by atoms with Crippen molar-refractivity contribution in [1.82, 2.24) is 14.3 Å². The van der Waals surface area contributed by atoms with Gasteiger partial charge in [-0.3, -0.25) is 0 Å². The molecule has 0 atom stereocenters. The molecule has 1 aromatic carbocycles. The van der Waals surface area contributed by atoms with Crippen LogP contribution in [0, 0.1) is 0 Å². The topological polar surface area (TPSA) is 66.1 Å². The molecule has 0 radical (unpaired) electrons. The van der Waals surface area contributed by atoms with E-state index >= 15 is 0 Å². The molecule has 0 amide bonds. The van der Waals surface area contributed by atoms with Gasteiger partial charge in [-0.05, 0) is 23.6 Å². The van der Waals surface area contributed by atoms with Gasteiger partial charge in [0.25, 0.3) is 0 Å². The van der Waals surface area contributed by atoms with E-state index in [4.69, 9.17) is 0 Å². The van der Waals surface area contributed by atoms with Crippen LogP contribution in [0.4, 0.5) is 0 Å². The van der Waals surface area contributed by atoms with Crippen LogP contribution >= 0.6 is 0 Å². The Morgan fingerprint density at radius 2 is 1.95 bits per heavy atom. The summed E-state index contributed by atoms with van der Waals surface area (Å²) < 4.78 is 26.9. The van der Waals surface area contributed by atoms with Gasteiger partial charge >= 0.3 is 0 Å². The van der Waals surface area contributed by atoms with Crippen LogP contribution in [-0.4, -0.2) is 29.2 Å². The highest BCUT2D eigenvalue weighted by Crippen LogP contribution is 2.24. The van der Waals surface area contributed by atoms with Gasteiger partial charge in [0.15, 0.2) is 0 Å². The van der Waals surface area contributed by atoms with Gasteiger partial charge in [0.1, 0.15) is 0 Å². The summed E-state index contributed by atoms with van der Waals surface area (Å²) >= 11 is 0. The number of hydrogen-bond donors (Lipinski definition) is 1. The van der Waals surface area contributed by atoms with E-state index in [9.17, 15) is 8.42 Å². The first-order chi connectivity index (χ1) is 9.98. The largest absolute Gasteiger partial charge is 0.347 e. The van der Waals surface area contributed by atoms with Gasteiger partial charge in [-0.25, -0.2) is 13.4 Å². The normalized spacial score (nSPS) is 16.1. The standard InChI is InChI=1S/C15H19N3O2S/c1-11(2)12-3-5-13(6-4-12)21(19,20)18-8-7-14-15(9-18)17-10-16-14/h3-6,10-11H,7-9H2,1-2H3,(H,16,17). The van der Waals surface area contributed by atoms with Crippen molar-refractivity contribution < 1.29 is 8.42 Å². The van der Waals surface area contributed by atoms with E-state index in [1.54, 1.807) is 18.5 Å². The maximum atomic E-state index is 12.7. The third kappa shape index (κ3) is 2.61. The molecular formula is C15H19N3O2S. The molecule has 2 aromatic rings. The van der Waals surface area contributed by atoms with E-state index in [-0.39, 0.29) is 0 Å². The summed E-state index contributed by atoms with van der Waals surface area (Å²) in [4.78, 5) is 7.57. The molecule has 0 saturated carbocycles. The van der Waals surface area contributed by atoms with Crippen molar-refractivity contribution in [3.63, 3.8) is 0 Å². The highest BCUT2D eigenvalue weighted by molar-refractivity contribution is 7.89. The number of sulfonamides is 1. The maximum absolute atomic E-state index is 12.7. The molecule has 0 unspecified atom stereocenters. The lowest BCUT2D eigenvalue weighted by atomic mass is 10.0. The van der Waals surface area contributed by atoms with Crippen molar-refractivity contribution in [3.8, 4) is 0 Å². The first-order valence-corrected chi connectivity index (χ1v) is 8.53. The zero-order valence-electron chi connectivity index (χ0n) is 12.2. The molecule has 2 heterocycles. The number of imidazole rings is 1. The number of hydrogen-bond acceptors (Lipinski definition) is 3. The monoisotopic (exact) mass is 305 g/mol. The Bertz CT molecular complexity index is 733. The second-order valence-corrected chi connectivity index (χ2v) is 7.58. The Kier molecular flexibility index (Phi) is 3.59. The average Bonchev–Trinajstić information content (AvgIpc) is 2.94. The molecule has 1 aromatic heterocycles. The number of rotatable bonds is 3. The second-order valence-electron chi connectivity index (χ2n) is 5.64. The lowest BCUT2D eigenvalue weighted by Gasteiger charge is -2.25. The summed E-state index contributed by atoms with van der Waals surface area (Å²) in [6, 6.07) is 7.19. The van der Waals surface area contributed by atoms with E-state index < -0.39 is 10.0 Å². The number of fused-ring (bicyclic) bond motifs is 1. The first-order valence-electron chi connectivity index (χ1n) is 7.09. The van der Waals surface area contributed by atoms with E-state index in [0.717, 1.165) is 17.0 Å². The molecule has 0 spiro atoms. The summed E-state index contributed by atoms with van der Waals surface area (Å²) in [5.41, 5.74) is 3.00. The van der Waals surface area contributed by atoms with Crippen molar-refractivity contribution in [3.05, 3.63) is 47.5 Å². The summed E-state index contributed by atoms with van der Waals surface area (Å²) in [5.74, 6) is 0.393. The lowest BCUT2D eigenvalue weighted by molar-refractivity contribution is 0.385. The maximum Gasteiger partial charge on any atom is 0.243 e. The van der Waals surface area contributed by atoms with Crippen molar-refractivity contribution in [2.45, 2.75) is 37.6 Å². The Morgan fingerprint density at radius 1 is 1.24 bits per heavy atom. The van der Waals surface area contributed by atoms with Crippen LogP contribution < -0.4 is 0 Å². The van der Waals surface area contributed by atoms with Gasteiger partial charge in [0.05, 0.1) is 29.2 Å². The summed E-state index contributed by atoms with van der Waals surface area (Å²) in [5, 5.41) is 0. The number of aromatic amines is 1. The summed E-state index contributed by atoms with van der Waals surface area (Å²) in [6.07, 6.45) is 2.28. The van der Waals surface area contributed by atoms with Gasteiger partial charge in [-0.15, -0.1) is 0 Å². The van der Waals surface area contributed by atoms with Crippen LogP contribution in [0.2, 0.25) is 0 Å². The SMILES string of the molecule is CC(C)c1ccc(S(=O)(=O)N2CCc3nc[nH]c3C2)cc1. The number of H-pyrrole nitrogens is 1. The van der Waals surface area contributed by atoms with Gasteiger partial charge in [0, 0.05) is 13.0 Å². The Hall–Kier alpha value is -1.66. The first kappa shape index (κ1) is 14.3. The minimum Gasteiger partial charge on any atom is -0.347 e. The molecule has 5 nitrogen and oxygen atoms in total. The van der Waals surface area contributed by atoms with E-state index in [1.165, 1.54) is 4.31 Å². The number of nitrogens with one attached hydrogen (secondary N) is 1. The fourth-order valence-corrected chi connectivity index (χ4v) is 3.98. The van der Waals surface area contributed by atoms with Crippen molar-refractivity contribution in [2.75, 3.05) is 6.54 Å². The van der Waals surface area contributed by atoms with Gasteiger partial charge < -0.3 is 4.98 Å². The molecule has 6 heteroatoms. The zero-order valence-corrected chi connectivity index (χ0v) is 13.0. The average molecular weight is 305 g/mol. The molecule has 1 aliphatic heterocycles. The molecule has 0 fully saturated rings. The third-order valence-corrected chi connectivity index (χ3v) is 5.78. The molecule has 1 aliphatic rings. The highest BCUT2D eigenvalue weighted by Gasteiger charge is 2.29. The summed E-state index contributed by atoms with van der Waals surface area (Å²) in [7, 11) is -3.44. The molecule has 0 bridgehead atoms. The van der Waals surface area contributed by atoms with Crippen molar-refractivity contribution in [2.24, 2.45) is 0 Å². The molecule has 3 rings (SSSR count). The second kappa shape index (κ2) is 5.27. The minimum absolute atomic E-state index is 0.356. The highest BCUT2D eigenvalue weighted by atomic mass is 32.2. The lowest BCUT2D eigenvalue weighted by Crippen LogP contribution is -2.36. The Labute approximate surface area is 125 Å². The molecule has 0 aliphatic carbocycles. The van der Waals surface area contributed by atoms with Crippen LogP contribution in [0.25, 0.3) is 0 Å². The Balaban J connectivity index is 1.87. The van der Waals surface area contributed by atoms with E-state index in [2.05, 4.69) is 23.8 Å². The quantitative estimate of drug-likeness (QED) is 0.946. The van der Waals surface area contributed by atoms with Gasteiger partial charge in [0.2, 0.25) is 10.0 Å². The summed E-state index contributed by atoms with van der Waals surface area (Å²) in [6.45, 7) is 5.03.